The number of fused-ring (bicyclic) bond motifs is 11. The average Bonchev–Trinajstić information content (AvgIpc) is 3.42. The Hall–Kier alpha value is -1.32. The van der Waals surface area contributed by atoms with Crippen LogP contribution in [0, 0.1) is 47.3 Å². The molecular weight excluding hydrogens is 393 g/mol. The van der Waals surface area contributed by atoms with Gasteiger partial charge in [-0.05, 0) is 73.0 Å². The monoisotopic (exact) mass is 417 g/mol. The summed E-state index contributed by atoms with van der Waals surface area (Å²) in [5.41, 5.74) is 0.487. The number of halogens is 2. The van der Waals surface area contributed by atoms with Crippen molar-refractivity contribution in [3.8, 4) is 0 Å². The zero-order valence-corrected chi connectivity index (χ0v) is 17.7. The van der Waals surface area contributed by atoms with Gasteiger partial charge in [-0.2, -0.15) is 0 Å². The molecule has 8 unspecified atom stereocenters. The maximum Gasteiger partial charge on any atom is 0.238 e. The first kappa shape index (κ1) is 18.7. The Balaban J connectivity index is 0.000000829. The van der Waals surface area contributed by atoms with Crippen molar-refractivity contribution in [1.29, 1.82) is 0 Å². The Morgan fingerprint density at radius 1 is 0.929 bits per heavy atom. The topological polar surface area (TPSA) is 37.4 Å². The third-order valence-electron chi connectivity index (χ3n) is 7.84. The number of imide groups is 1. The number of carbonyl (C=O) groups excluding carboxylic acids is 2. The summed E-state index contributed by atoms with van der Waals surface area (Å²) in [5.74, 6) is 3.15. The van der Waals surface area contributed by atoms with Crippen molar-refractivity contribution in [3.63, 3.8) is 0 Å². The van der Waals surface area contributed by atoms with Crippen molar-refractivity contribution in [2.45, 2.75) is 33.1 Å². The fourth-order valence-electron chi connectivity index (χ4n) is 7.17. The van der Waals surface area contributed by atoms with E-state index < -0.39 is 0 Å². The van der Waals surface area contributed by atoms with E-state index in [9.17, 15) is 9.59 Å². The summed E-state index contributed by atoms with van der Waals surface area (Å²) in [5, 5.41) is 0.870. The second-order valence-electron chi connectivity index (χ2n) is 8.74. The van der Waals surface area contributed by atoms with E-state index in [1.807, 2.05) is 13.8 Å². The number of nitrogens with zero attached hydrogens (tertiary/aromatic N) is 1. The molecule has 1 saturated heterocycles. The van der Waals surface area contributed by atoms with Crippen LogP contribution in [-0.4, -0.2) is 11.8 Å². The van der Waals surface area contributed by atoms with E-state index in [0.717, 1.165) is 12.8 Å². The Bertz CT molecular complexity index is 881. The summed E-state index contributed by atoms with van der Waals surface area (Å²) in [4.78, 5) is 27.9. The van der Waals surface area contributed by atoms with Crippen LogP contribution < -0.4 is 4.90 Å². The summed E-state index contributed by atoms with van der Waals surface area (Å²) in [7, 11) is 0. The van der Waals surface area contributed by atoms with Crippen LogP contribution in [0.15, 0.2) is 30.4 Å². The summed E-state index contributed by atoms with van der Waals surface area (Å²) in [6, 6.07) is 4.98. The minimum absolute atomic E-state index is 0.0416. The van der Waals surface area contributed by atoms with Gasteiger partial charge in [0.05, 0.1) is 22.5 Å². The van der Waals surface area contributed by atoms with Crippen LogP contribution in [-0.2, 0) is 9.59 Å². The molecule has 1 aliphatic heterocycles. The molecular formula is C23H25Cl2NO2. The van der Waals surface area contributed by atoms with Crippen LogP contribution in [0.1, 0.15) is 33.1 Å². The lowest BCUT2D eigenvalue weighted by Crippen LogP contribution is -2.34. The predicted molar refractivity (Wildman–Crippen MR) is 111 cm³/mol. The van der Waals surface area contributed by atoms with Crippen molar-refractivity contribution in [3.05, 3.63) is 40.4 Å². The van der Waals surface area contributed by atoms with Gasteiger partial charge in [0, 0.05) is 5.02 Å². The molecule has 0 spiro atoms. The highest BCUT2D eigenvalue weighted by atomic mass is 35.5. The van der Waals surface area contributed by atoms with Gasteiger partial charge < -0.3 is 0 Å². The summed E-state index contributed by atoms with van der Waals surface area (Å²) < 4.78 is 0. The average molecular weight is 418 g/mol. The van der Waals surface area contributed by atoms with Crippen LogP contribution in [0.4, 0.5) is 5.69 Å². The van der Waals surface area contributed by atoms with Crippen molar-refractivity contribution in [2.24, 2.45) is 47.3 Å². The molecule has 3 nitrogen and oxygen atoms in total. The fourth-order valence-corrected chi connectivity index (χ4v) is 7.67. The van der Waals surface area contributed by atoms with E-state index in [0.29, 0.717) is 51.2 Å². The van der Waals surface area contributed by atoms with Gasteiger partial charge in [-0.3, -0.25) is 9.59 Å². The largest absolute Gasteiger partial charge is 0.274 e. The van der Waals surface area contributed by atoms with Crippen LogP contribution in [0.5, 0.6) is 0 Å². The molecule has 0 radical (unpaired) electrons. The van der Waals surface area contributed by atoms with Crippen LogP contribution in [0.25, 0.3) is 0 Å². The van der Waals surface area contributed by atoms with Crippen molar-refractivity contribution >= 4 is 40.7 Å². The van der Waals surface area contributed by atoms with Gasteiger partial charge in [0.15, 0.2) is 0 Å². The summed E-state index contributed by atoms with van der Waals surface area (Å²) >= 11 is 12.3. The Morgan fingerprint density at radius 2 is 1.64 bits per heavy atom. The van der Waals surface area contributed by atoms with E-state index in [2.05, 4.69) is 12.2 Å². The number of benzene rings is 1. The first-order valence-corrected chi connectivity index (χ1v) is 11.3. The predicted octanol–water partition coefficient (Wildman–Crippen LogP) is 5.60. The van der Waals surface area contributed by atoms with Crippen LogP contribution in [0.2, 0.25) is 10.0 Å². The SMILES string of the molecule is CC.O=C1C2CC3CC(C2C(=O)N1c1ccc(Cl)cc1Cl)C1C2C=CC(C2)C31. The lowest BCUT2D eigenvalue weighted by molar-refractivity contribution is -0.123. The molecule has 5 heteroatoms. The van der Waals surface area contributed by atoms with E-state index in [1.165, 1.54) is 11.3 Å². The molecule has 5 aliphatic rings. The first-order chi connectivity index (χ1) is 13.5. The minimum atomic E-state index is -0.164. The molecule has 0 aromatic heterocycles. The molecule has 3 saturated carbocycles. The molecule has 28 heavy (non-hydrogen) atoms. The highest BCUT2D eigenvalue weighted by Crippen LogP contribution is 2.67. The zero-order valence-electron chi connectivity index (χ0n) is 16.1. The molecule has 1 heterocycles. The number of hydrogen-bond acceptors (Lipinski definition) is 2. The van der Waals surface area contributed by atoms with E-state index in [-0.39, 0.29) is 23.7 Å². The minimum Gasteiger partial charge on any atom is -0.274 e. The smallest absolute Gasteiger partial charge is 0.238 e. The number of anilines is 1. The van der Waals surface area contributed by atoms with Crippen LogP contribution in [0.3, 0.4) is 0 Å². The van der Waals surface area contributed by atoms with Gasteiger partial charge >= 0.3 is 0 Å². The molecule has 6 rings (SSSR count). The Kier molecular flexibility index (Phi) is 4.41. The van der Waals surface area contributed by atoms with E-state index >= 15 is 0 Å². The Morgan fingerprint density at radius 3 is 2.36 bits per heavy atom. The van der Waals surface area contributed by atoms with Crippen LogP contribution >= 0.6 is 23.2 Å². The second-order valence-corrected chi connectivity index (χ2v) is 9.58. The van der Waals surface area contributed by atoms with Gasteiger partial charge in [0.25, 0.3) is 0 Å². The normalized spacial score (nSPS) is 41.8. The second kappa shape index (κ2) is 6.60. The quantitative estimate of drug-likeness (QED) is 0.338. The van der Waals surface area contributed by atoms with Gasteiger partial charge in [-0.1, -0.05) is 49.2 Å². The number of hydrogen-bond donors (Lipinski definition) is 0. The van der Waals surface area contributed by atoms with Gasteiger partial charge in [-0.25, -0.2) is 4.90 Å². The third kappa shape index (κ3) is 2.35. The number of rotatable bonds is 1. The highest BCUT2D eigenvalue weighted by Gasteiger charge is 2.66. The number of allylic oxidation sites excluding steroid dienone is 2. The molecule has 8 atom stereocenters. The summed E-state index contributed by atoms with van der Waals surface area (Å²) in [6.07, 6.45) is 8.01. The molecule has 4 fully saturated rings. The molecule has 2 amide bonds. The van der Waals surface area contributed by atoms with E-state index in [4.69, 9.17) is 23.2 Å². The highest BCUT2D eigenvalue weighted by molar-refractivity contribution is 6.38. The van der Waals surface area contributed by atoms with E-state index in [1.54, 1.807) is 18.2 Å². The molecule has 1 aromatic rings. The molecule has 148 valence electrons. The summed E-state index contributed by atoms with van der Waals surface area (Å²) in [6.45, 7) is 4.00. The van der Waals surface area contributed by atoms with Gasteiger partial charge in [-0.15, -0.1) is 0 Å². The number of amides is 2. The third-order valence-corrected chi connectivity index (χ3v) is 8.38. The molecule has 1 aromatic carbocycles. The maximum atomic E-state index is 13.4. The molecule has 4 aliphatic carbocycles. The first-order valence-electron chi connectivity index (χ1n) is 10.6. The van der Waals surface area contributed by atoms with Crippen molar-refractivity contribution in [1.82, 2.24) is 0 Å². The lowest BCUT2D eigenvalue weighted by atomic mass is 9.70. The van der Waals surface area contributed by atoms with Crippen molar-refractivity contribution < 1.29 is 9.59 Å². The maximum absolute atomic E-state index is 13.4. The lowest BCUT2D eigenvalue weighted by Gasteiger charge is -2.31. The fraction of sp³-hybridized carbons (Fsp3) is 0.565. The zero-order chi connectivity index (χ0) is 19.7. The molecule has 4 bridgehead atoms. The van der Waals surface area contributed by atoms with Crippen molar-refractivity contribution in [2.75, 3.05) is 4.90 Å². The van der Waals surface area contributed by atoms with Gasteiger partial charge in [0.1, 0.15) is 0 Å². The number of carbonyl (C=O) groups is 2. The van der Waals surface area contributed by atoms with Gasteiger partial charge in [0.2, 0.25) is 11.8 Å². The Labute approximate surface area is 176 Å². The standard InChI is InChI=1S/C21H19Cl2NO2.C2H6/c22-12-3-4-16(15(23)8-12)24-20(25)14-7-11-6-13(19(14)21(24)26)18-10-2-1-9(5-10)17(11)18;1-2/h1-4,8-11,13-14,17-19H,5-7H2;1-2H3. The molecule has 0 N–H and O–H groups in total.